The van der Waals surface area contributed by atoms with E-state index >= 15 is 0 Å². The standard InChI is InChI=1S/C14H21NO2S2/c1-16-13-4-3-11(7-14(13)17-2)8-15-9-12-10-18-5-6-19-12/h3-4,7,12,15H,5-6,8-10H2,1-2H3. The molecule has 0 bridgehead atoms. The van der Waals surface area contributed by atoms with Crippen molar-refractivity contribution in [2.75, 3.05) is 38.0 Å². The summed E-state index contributed by atoms with van der Waals surface area (Å²) in [6, 6.07) is 6.08. The van der Waals surface area contributed by atoms with E-state index in [2.05, 4.69) is 34.9 Å². The Morgan fingerprint density at radius 2 is 2.05 bits per heavy atom. The third kappa shape index (κ3) is 4.51. The molecule has 1 atom stereocenters. The molecule has 0 radical (unpaired) electrons. The number of thioether (sulfide) groups is 2. The summed E-state index contributed by atoms with van der Waals surface area (Å²) in [6.07, 6.45) is 0. The Kier molecular flexibility index (Phi) is 6.20. The smallest absolute Gasteiger partial charge is 0.161 e. The van der Waals surface area contributed by atoms with Crippen LogP contribution in [0, 0.1) is 0 Å². The van der Waals surface area contributed by atoms with Crippen LogP contribution in [0.15, 0.2) is 18.2 Å². The summed E-state index contributed by atoms with van der Waals surface area (Å²) in [4.78, 5) is 0. The van der Waals surface area contributed by atoms with Gasteiger partial charge in [0, 0.05) is 35.6 Å². The third-order valence-corrected chi connectivity index (χ3v) is 5.88. The van der Waals surface area contributed by atoms with Crippen LogP contribution in [0.2, 0.25) is 0 Å². The molecule has 1 aromatic rings. The van der Waals surface area contributed by atoms with Gasteiger partial charge in [-0.25, -0.2) is 0 Å². The number of ether oxygens (including phenoxy) is 2. The van der Waals surface area contributed by atoms with Crippen LogP contribution >= 0.6 is 23.5 Å². The fourth-order valence-corrected chi connectivity index (χ4v) is 4.67. The summed E-state index contributed by atoms with van der Waals surface area (Å²) in [6.45, 7) is 1.95. The molecule has 1 aromatic carbocycles. The summed E-state index contributed by atoms with van der Waals surface area (Å²) < 4.78 is 10.6. The Balaban J connectivity index is 1.81. The van der Waals surface area contributed by atoms with Gasteiger partial charge < -0.3 is 14.8 Å². The highest BCUT2D eigenvalue weighted by Gasteiger charge is 2.13. The molecule has 2 rings (SSSR count). The van der Waals surface area contributed by atoms with Crippen molar-refractivity contribution in [1.82, 2.24) is 5.32 Å². The van der Waals surface area contributed by atoms with Crippen molar-refractivity contribution in [1.29, 1.82) is 0 Å². The maximum absolute atomic E-state index is 5.31. The first-order chi connectivity index (χ1) is 9.33. The number of hydrogen-bond donors (Lipinski definition) is 1. The van der Waals surface area contributed by atoms with Crippen LogP contribution < -0.4 is 14.8 Å². The number of rotatable bonds is 6. The van der Waals surface area contributed by atoms with Gasteiger partial charge in [-0.1, -0.05) is 6.07 Å². The minimum absolute atomic E-state index is 0.749. The molecule has 0 spiro atoms. The summed E-state index contributed by atoms with van der Waals surface area (Å²) in [5.41, 5.74) is 1.23. The lowest BCUT2D eigenvalue weighted by molar-refractivity contribution is 0.354. The lowest BCUT2D eigenvalue weighted by Crippen LogP contribution is -2.28. The van der Waals surface area contributed by atoms with Gasteiger partial charge in [0.25, 0.3) is 0 Å². The summed E-state index contributed by atoms with van der Waals surface area (Å²) in [7, 11) is 3.33. The van der Waals surface area contributed by atoms with Crippen LogP contribution in [0.1, 0.15) is 5.56 Å². The first-order valence-electron chi connectivity index (χ1n) is 6.44. The van der Waals surface area contributed by atoms with Gasteiger partial charge in [-0.2, -0.15) is 23.5 Å². The first-order valence-corrected chi connectivity index (χ1v) is 8.65. The van der Waals surface area contributed by atoms with Crippen LogP contribution in [-0.2, 0) is 6.54 Å². The van der Waals surface area contributed by atoms with Crippen molar-refractivity contribution in [3.05, 3.63) is 23.8 Å². The van der Waals surface area contributed by atoms with Crippen molar-refractivity contribution < 1.29 is 9.47 Å². The first kappa shape index (κ1) is 14.9. The fraction of sp³-hybridized carbons (Fsp3) is 0.571. The van der Waals surface area contributed by atoms with Gasteiger partial charge in [-0.3, -0.25) is 0 Å². The fourth-order valence-electron chi connectivity index (χ4n) is 2.02. The van der Waals surface area contributed by atoms with Gasteiger partial charge >= 0.3 is 0 Å². The molecule has 1 heterocycles. The Hall–Kier alpha value is -0.520. The largest absolute Gasteiger partial charge is 0.493 e. The molecule has 106 valence electrons. The molecule has 1 fully saturated rings. The molecule has 3 nitrogen and oxygen atoms in total. The van der Waals surface area contributed by atoms with Gasteiger partial charge in [-0.05, 0) is 17.7 Å². The molecule has 1 aliphatic heterocycles. The normalized spacial score (nSPS) is 19.2. The monoisotopic (exact) mass is 299 g/mol. The van der Waals surface area contributed by atoms with E-state index in [-0.39, 0.29) is 0 Å². The average Bonchev–Trinajstić information content (AvgIpc) is 2.48. The van der Waals surface area contributed by atoms with E-state index in [0.717, 1.165) is 29.8 Å². The quantitative estimate of drug-likeness (QED) is 0.872. The molecule has 1 aliphatic rings. The number of benzene rings is 1. The molecule has 0 aliphatic carbocycles. The second kappa shape index (κ2) is 7.92. The maximum atomic E-state index is 5.31. The predicted octanol–water partition coefficient (Wildman–Crippen LogP) is 2.64. The van der Waals surface area contributed by atoms with Crippen molar-refractivity contribution in [2.45, 2.75) is 11.8 Å². The van der Waals surface area contributed by atoms with Gasteiger partial charge in [0.05, 0.1) is 14.2 Å². The highest BCUT2D eigenvalue weighted by Crippen LogP contribution is 2.27. The molecule has 19 heavy (non-hydrogen) atoms. The molecular weight excluding hydrogens is 278 g/mol. The SMILES string of the molecule is COc1ccc(CNCC2CSCCS2)cc1OC. The number of methoxy groups -OCH3 is 2. The maximum Gasteiger partial charge on any atom is 0.161 e. The molecule has 1 unspecified atom stereocenters. The van der Waals surface area contributed by atoms with E-state index in [1.165, 1.54) is 22.8 Å². The van der Waals surface area contributed by atoms with Crippen molar-refractivity contribution in [3.8, 4) is 11.5 Å². The van der Waals surface area contributed by atoms with Crippen LogP contribution in [0.3, 0.4) is 0 Å². The highest BCUT2D eigenvalue weighted by atomic mass is 32.2. The van der Waals surface area contributed by atoms with Crippen molar-refractivity contribution in [3.63, 3.8) is 0 Å². The van der Waals surface area contributed by atoms with Gasteiger partial charge in [0.2, 0.25) is 0 Å². The number of nitrogens with one attached hydrogen (secondary N) is 1. The molecule has 0 amide bonds. The third-order valence-electron chi connectivity index (χ3n) is 3.03. The van der Waals surface area contributed by atoms with Gasteiger partial charge in [0.1, 0.15) is 0 Å². The molecular formula is C14H21NO2S2. The number of hydrogen-bond acceptors (Lipinski definition) is 5. The molecule has 0 saturated carbocycles. The van der Waals surface area contributed by atoms with E-state index in [4.69, 9.17) is 9.47 Å². The van der Waals surface area contributed by atoms with E-state index in [0.29, 0.717) is 0 Å². The topological polar surface area (TPSA) is 30.5 Å². The Labute approximate surface area is 123 Å². The zero-order chi connectivity index (χ0) is 13.5. The minimum Gasteiger partial charge on any atom is -0.493 e. The van der Waals surface area contributed by atoms with Crippen LogP contribution in [0.5, 0.6) is 11.5 Å². The summed E-state index contributed by atoms with van der Waals surface area (Å²) in [5, 5.41) is 4.28. The lowest BCUT2D eigenvalue weighted by atomic mass is 10.2. The second-order valence-corrected chi connectivity index (χ2v) is 6.95. The Morgan fingerprint density at radius 1 is 1.21 bits per heavy atom. The van der Waals surface area contributed by atoms with Gasteiger partial charge in [-0.15, -0.1) is 0 Å². The average molecular weight is 299 g/mol. The van der Waals surface area contributed by atoms with E-state index < -0.39 is 0 Å². The second-order valence-electron chi connectivity index (χ2n) is 4.39. The summed E-state index contributed by atoms with van der Waals surface area (Å²) >= 11 is 4.15. The lowest BCUT2D eigenvalue weighted by Gasteiger charge is -2.21. The molecule has 5 heteroatoms. The molecule has 0 aromatic heterocycles. The Bertz CT molecular complexity index is 395. The van der Waals surface area contributed by atoms with Gasteiger partial charge in [0.15, 0.2) is 11.5 Å². The van der Waals surface area contributed by atoms with Crippen LogP contribution in [0.25, 0.3) is 0 Å². The van der Waals surface area contributed by atoms with Crippen LogP contribution in [-0.4, -0.2) is 43.3 Å². The zero-order valence-corrected chi connectivity index (χ0v) is 13.1. The molecule has 1 N–H and O–H groups in total. The van der Waals surface area contributed by atoms with E-state index in [9.17, 15) is 0 Å². The van der Waals surface area contributed by atoms with Crippen molar-refractivity contribution in [2.24, 2.45) is 0 Å². The summed E-state index contributed by atoms with van der Waals surface area (Å²) in [5.74, 6) is 5.43. The minimum atomic E-state index is 0.749. The van der Waals surface area contributed by atoms with Crippen molar-refractivity contribution >= 4 is 23.5 Å². The van der Waals surface area contributed by atoms with E-state index in [1.54, 1.807) is 14.2 Å². The highest BCUT2D eigenvalue weighted by molar-refractivity contribution is 8.06. The zero-order valence-electron chi connectivity index (χ0n) is 11.5. The predicted molar refractivity (Wildman–Crippen MR) is 84.8 cm³/mol. The van der Waals surface area contributed by atoms with E-state index in [1.807, 2.05) is 12.1 Å². The van der Waals surface area contributed by atoms with Crippen LogP contribution in [0.4, 0.5) is 0 Å². The Morgan fingerprint density at radius 3 is 2.74 bits per heavy atom. The molecule has 1 saturated heterocycles.